The molecule has 1 aliphatic heterocycles. The van der Waals surface area contributed by atoms with E-state index in [9.17, 15) is 4.79 Å². The Kier molecular flexibility index (Phi) is 4.46. The number of anilines is 1. The summed E-state index contributed by atoms with van der Waals surface area (Å²) in [7, 11) is 1.83. The number of hydrogen-bond acceptors (Lipinski definition) is 4. The summed E-state index contributed by atoms with van der Waals surface area (Å²) in [4.78, 5) is 22.8. The van der Waals surface area contributed by atoms with Gasteiger partial charge in [-0.1, -0.05) is 12.1 Å². The summed E-state index contributed by atoms with van der Waals surface area (Å²) in [6.45, 7) is 4.24. The first-order chi connectivity index (χ1) is 12.6. The van der Waals surface area contributed by atoms with E-state index < -0.39 is 0 Å². The normalized spacial score (nSPS) is 18.3. The van der Waals surface area contributed by atoms with Crippen LogP contribution in [0.2, 0.25) is 0 Å². The van der Waals surface area contributed by atoms with Gasteiger partial charge in [-0.2, -0.15) is 5.10 Å². The summed E-state index contributed by atoms with van der Waals surface area (Å²) < 4.78 is 1.68. The zero-order valence-corrected chi connectivity index (χ0v) is 15.2. The number of aromatic amines is 1. The fraction of sp³-hybridized carbons (Fsp3) is 0.421. The average Bonchev–Trinajstić information content (AvgIpc) is 3.22. The molecule has 1 amide bonds. The van der Waals surface area contributed by atoms with Crippen molar-refractivity contribution < 1.29 is 4.79 Å². The van der Waals surface area contributed by atoms with Gasteiger partial charge in [0.1, 0.15) is 5.82 Å². The number of likely N-dealkylation sites (tertiary alicyclic amines) is 1. The maximum absolute atomic E-state index is 12.3. The van der Waals surface area contributed by atoms with Crippen LogP contribution in [-0.2, 0) is 11.8 Å². The molecule has 1 saturated heterocycles. The smallest absolute Gasteiger partial charge is 0.239 e. The van der Waals surface area contributed by atoms with Crippen molar-refractivity contribution in [1.29, 1.82) is 0 Å². The molecule has 0 radical (unpaired) electrons. The molecule has 136 valence electrons. The van der Waals surface area contributed by atoms with E-state index in [1.807, 2.05) is 13.2 Å². The molecule has 1 fully saturated rings. The van der Waals surface area contributed by atoms with Gasteiger partial charge in [-0.3, -0.25) is 14.4 Å². The van der Waals surface area contributed by atoms with E-state index in [-0.39, 0.29) is 5.91 Å². The zero-order valence-electron chi connectivity index (χ0n) is 15.2. The van der Waals surface area contributed by atoms with Gasteiger partial charge in [-0.25, -0.2) is 4.98 Å². The molecule has 1 atom stereocenters. The fourth-order valence-electron chi connectivity index (χ4n) is 3.68. The number of rotatable bonds is 4. The van der Waals surface area contributed by atoms with Gasteiger partial charge < -0.3 is 10.3 Å². The first kappa shape index (κ1) is 16.8. The lowest BCUT2D eigenvalue weighted by Gasteiger charge is -2.31. The topological polar surface area (TPSA) is 78.8 Å². The number of imidazole rings is 1. The van der Waals surface area contributed by atoms with Crippen molar-refractivity contribution >= 4 is 22.8 Å². The molecule has 0 spiro atoms. The number of aryl methyl sites for hydroxylation is 2. The first-order valence-corrected chi connectivity index (χ1v) is 9.05. The molecule has 7 nitrogen and oxygen atoms in total. The number of amides is 1. The molecule has 1 aromatic carbocycles. The van der Waals surface area contributed by atoms with Gasteiger partial charge in [-0.15, -0.1) is 0 Å². The van der Waals surface area contributed by atoms with Crippen LogP contribution >= 0.6 is 0 Å². The molecule has 0 saturated carbocycles. The van der Waals surface area contributed by atoms with Crippen LogP contribution in [0.25, 0.3) is 11.0 Å². The number of hydrogen-bond donors (Lipinski definition) is 2. The van der Waals surface area contributed by atoms with Gasteiger partial charge in [-0.05, 0) is 37.9 Å². The molecule has 3 aromatic rings. The summed E-state index contributed by atoms with van der Waals surface area (Å²) in [6.07, 6.45) is 3.98. The summed E-state index contributed by atoms with van der Waals surface area (Å²) in [5.41, 5.74) is 3.32. The van der Waals surface area contributed by atoms with Crippen LogP contribution in [0.4, 0.5) is 5.82 Å². The lowest BCUT2D eigenvalue weighted by atomic mass is 9.97. The Morgan fingerprint density at radius 3 is 3.04 bits per heavy atom. The lowest BCUT2D eigenvalue weighted by Crippen LogP contribution is -2.40. The number of benzene rings is 1. The molecule has 1 aliphatic rings. The van der Waals surface area contributed by atoms with E-state index in [4.69, 9.17) is 4.98 Å². The Labute approximate surface area is 152 Å². The third-order valence-corrected chi connectivity index (χ3v) is 4.97. The molecule has 3 heterocycles. The Bertz CT molecular complexity index is 927. The Hall–Kier alpha value is -2.67. The van der Waals surface area contributed by atoms with Crippen LogP contribution in [0, 0.1) is 6.92 Å². The van der Waals surface area contributed by atoms with E-state index in [0.29, 0.717) is 18.3 Å². The Morgan fingerprint density at radius 2 is 2.27 bits per heavy atom. The predicted octanol–water partition coefficient (Wildman–Crippen LogP) is 2.42. The van der Waals surface area contributed by atoms with E-state index in [1.165, 1.54) is 5.56 Å². The highest BCUT2D eigenvalue weighted by Crippen LogP contribution is 2.27. The van der Waals surface area contributed by atoms with Gasteiger partial charge in [0.25, 0.3) is 0 Å². The van der Waals surface area contributed by atoms with Crippen LogP contribution in [0.5, 0.6) is 0 Å². The highest BCUT2D eigenvalue weighted by molar-refractivity contribution is 5.91. The Morgan fingerprint density at radius 1 is 1.38 bits per heavy atom. The SMILES string of the molecule is Cc1cccc2[nH]c(C3CCCN(CC(=O)Nc4ccn(C)n4)C3)nc12. The largest absolute Gasteiger partial charge is 0.342 e. The maximum Gasteiger partial charge on any atom is 0.239 e. The van der Waals surface area contributed by atoms with Crippen LogP contribution in [0.3, 0.4) is 0 Å². The van der Waals surface area contributed by atoms with Crippen LogP contribution in [0.1, 0.15) is 30.1 Å². The molecule has 1 unspecified atom stereocenters. The third kappa shape index (κ3) is 3.48. The van der Waals surface area contributed by atoms with E-state index >= 15 is 0 Å². The quantitative estimate of drug-likeness (QED) is 0.756. The van der Waals surface area contributed by atoms with Gasteiger partial charge in [0.15, 0.2) is 5.82 Å². The predicted molar refractivity (Wildman–Crippen MR) is 101 cm³/mol. The van der Waals surface area contributed by atoms with Crippen molar-refractivity contribution in [3.8, 4) is 0 Å². The monoisotopic (exact) mass is 352 g/mol. The van der Waals surface area contributed by atoms with Gasteiger partial charge in [0.05, 0.1) is 17.6 Å². The number of fused-ring (bicyclic) bond motifs is 1. The summed E-state index contributed by atoms with van der Waals surface area (Å²) >= 11 is 0. The van der Waals surface area contributed by atoms with E-state index in [1.54, 1.807) is 10.7 Å². The number of H-pyrrole nitrogens is 1. The molecule has 0 bridgehead atoms. The van der Waals surface area contributed by atoms with Crippen molar-refractivity contribution in [2.45, 2.75) is 25.7 Å². The molecule has 7 heteroatoms. The third-order valence-electron chi connectivity index (χ3n) is 4.97. The highest BCUT2D eigenvalue weighted by atomic mass is 16.2. The lowest BCUT2D eigenvalue weighted by molar-refractivity contribution is -0.117. The minimum absolute atomic E-state index is 0.0233. The highest BCUT2D eigenvalue weighted by Gasteiger charge is 2.25. The average molecular weight is 352 g/mol. The van der Waals surface area contributed by atoms with Gasteiger partial charge >= 0.3 is 0 Å². The number of piperidine rings is 1. The van der Waals surface area contributed by atoms with Gasteiger partial charge in [0, 0.05) is 31.8 Å². The fourth-order valence-corrected chi connectivity index (χ4v) is 3.68. The maximum atomic E-state index is 12.3. The number of nitrogens with zero attached hydrogens (tertiary/aromatic N) is 4. The second-order valence-electron chi connectivity index (χ2n) is 7.09. The van der Waals surface area contributed by atoms with Crippen molar-refractivity contribution in [2.75, 3.05) is 25.0 Å². The minimum Gasteiger partial charge on any atom is -0.342 e. The van der Waals surface area contributed by atoms with E-state index in [0.717, 1.165) is 42.8 Å². The van der Waals surface area contributed by atoms with Crippen LogP contribution in [-0.4, -0.2) is 50.2 Å². The standard InChI is InChI=1S/C19H24N6O/c1-13-5-3-7-15-18(13)22-19(20-15)14-6-4-9-25(11-14)12-17(26)21-16-8-10-24(2)23-16/h3,5,7-8,10,14H,4,6,9,11-12H2,1-2H3,(H,20,22)(H,21,23,26). The molecular weight excluding hydrogens is 328 g/mol. The zero-order chi connectivity index (χ0) is 18.1. The van der Waals surface area contributed by atoms with Crippen molar-refractivity contribution in [1.82, 2.24) is 24.6 Å². The summed E-state index contributed by atoms with van der Waals surface area (Å²) in [5, 5.41) is 7.05. The number of nitrogens with one attached hydrogen (secondary N) is 2. The molecule has 0 aliphatic carbocycles. The minimum atomic E-state index is -0.0233. The number of carbonyl (C=O) groups is 1. The molecular formula is C19H24N6O. The van der Waals surface area contributed by atoms with Crippen LogP contribution in [0.15, 0.2) is 30.5 Å². The van der Waals surface area contributed by atoms with Gasteiger partial charge in [0.2, 0.25) is 5.91 Å². The van der Waals surface area contributed by atoms with Crippen molar-refractivity contribution in [2.24, 2.45) is 7.05 Å². The summed E-state index contributed by atoms with van der Waals surface area (Å²) in [6, 6.07) is 8.00. The molecule has 26 heavy (non-hydrogen) atoms. The molecule has 4 rings (SSSR count). The second kappa shape index (κ2) is 6.92. The van der Waals surface area contributed by atoms with E-state index in [2.05, 4.69) is 45.4 Å². The Balaban J connectivity index is 1.41. The van der Waals surface area contributed by atoms with Crippen LogP contribution < -0.4 is 5.32 Å². The number of carbonyl (C=O) groups excluding carboxylic acids is 1. The summed E-state index contributed by atoms with van der Waals surface area (Å²) in [5.74, 6) is 1.94. The van der Waals surface area contributed by atoms with Crippen molar-refractivity contribution in [3.63, 3.8) is 0 Å². The second-order valence-corrected chi connectivity index (χ2v) is 7.09. The first-order valence-electron chi connectivity index (χ1n) is 9.05. The molecule has 2 N–H and O–H groups in total. The van der Waals surface area contributed by atoms with Crippen molar-refractivity contribution in [3.05, 3.63) is 41.9 Å². The number of para-hydroxylation sites is 1. The molecule has 2 aromatic heterocycles. The number of aromatic nitrogens is 4.